The van der Waals surface area contributed by atoms with E-state index in [1.807, 2.05) is 0 Å². The van der Waals surface area contributed by atoms with Crippen LogP contribution in [0.2, 0.25) is 0 Å². The van der Waals surface area contributed by atoms with Crippen LogP contribution < -0.4 is 9.47 Å². The smallest absolute Gasteiger partial charge is 0.338 e. The fraction of sp³-hybridized carbons (Fsp3) is 0.158. The van der Waals surface area contributed by atoms with Gasteiger partial charge < -0.3 is 14.2 Å². The first-order valence-corrected chi connectivity index (χ1v) is 8.26. The number of rotatable bonds is 5. The minimum atomic E-state index is -0.578. The van der Waals surface area contributed by atoms with E-state index >= 15 is 0 Å². The van der Waals surface area contributed by atoms with Crippen LogP contribution in [0.1, 0.15) is 20.7 Å². The van der Waals surface area contributed by atoms with Gasteiger partial charge in [0.2, 0.25) is 0 Å². The lowest BCUT2D eigenvalue weighted by atomic mass is 10.1. The normalized spacial score (nSPS) is 12.4. The lowest BCUT2D eigenvalue weighted by molar-refractivity contribution is 0.0474. The first-order chi connectivity index (χ1) is 13.2. The SMILES string of the molecule is O=C(COC(=O)c1ccc(-n2cncn2)cc1)c1ccc2c(c1)OCCO2. The Bertz CT molecular complexity index is 968. The summed E-state index contributed by atoms with van der Waals surface area (Å²) < 4.78 is 17.6. The number of aromatic nitrogens is 3. The molecule has 0 atom stereocenters. The van der Waals surface area contributed by atoms with E-state index in [1.165, 1.54) is 6.33 Å². The number of Topliss-reactive ketones (excluding diaryl/α,β-unsaturated/α-hetero) is 1. The molecule has 0 N–H and O–H groups in total. The molecule has 0 bridgehead atoms. The van der Waals surface area contributed by atoms with Crippen molar-refractivity contribution in [2.45, 2.75) is 0 Å². The van der Waals surface area contributed by atoms with E-state index in [9.17, 15) is 9.59 Å². The maximum atomic E-state index is 12.3. The van der Waals surface area contributed by atoms with Gasteiger partial charge in [-0.2, -0.15) is 5.10 Å². The standard InChI is InChI=1S/C19H15N3O5/c23-16(14-3-6-17-18(9-14)26-8-7-25-17)10-27-19(24)13-1-4-15(5-2-13)22-12-20-11-21-22/h1-6,9,11-12H,7-8,10H2. The molecule has 1 aromatic heterocycles. The largest absolute Gasteiger partial charge is 0.486 e. The number of ketones is 1. The number of esters is 1. The molecule has 0 spiro atoms. The van der Waals surface area contributed by atoms with Crippen LogP contribution in [0, 0.1) is 0 Å². The first kappa shape index (κ1) is 16.8. The predicted molar refractivity (Wildman–Crippen MR) is 93.4 cm³/mol. The number of carbonyl (C=O) groups is 2. The highest BCUT2D eigenvalue weighted by Crippen LogP contribution is 2.30. The highest BCUT2D eigenvalue weighted by molar-refractivity contribution is 5.99. The molecule has 27 heavy (non-hydrogen) atoms. The molecular weight excluding hydrogens is 350 g/mol. The molecule has 8 heteroatoms. The third kappa shape index (κ3) is 3.64. The molecule has 3 aromatic rings. The second-order valence-corrected chi connectivity index (χ2v) is 5.74. The van der Waals surface area contributed by atoms with Crippen LogP contribution in [-0.4, -0.2) is 46.3 Å². The molecule has 0 aliphatic carbocycles. The van der Waals surface area contributed by atoms with Gasteiger partial charge in [0.1, 0.15) is 25.9 Å². The number of ether oxygens (including phenoxy) is 3. The molecule has 0 saturated heterocycles. The van der Waals surface area contributed by atoms with Gasteiger partial charge in [-0.1, -0.05) is 0 Å². The Morgan fingerprint density at radius 2 is 1.74 bits per heavy atom. The third-order valence-electron chi connectivity index (χ3n) is 3.98. The van der Waals surface area contributed by atoms with Crippen LogP contribution in [0.4, 0.5) is 0 Å². The van der Waals surface area contributed by atoms with Gasteiger partial charge in [-0.3, -0.25) is 4.79 Å². The molecule has 136 valence electrons. The summed E-state index contributed by atoms with van der Waals surface area (Å²) in [7, 11) is 0. The van der Waals surface area contributed by atoms with E-state index in [2.05, 4.69) is 10.1 Å². The minimum absolute atomic E-state index is 0.320. The van der Waals surface area contributed by atoms with E-state index in [-0.39, 0.29) is 12.4 Å². The molecule has 1 aliphatic heterocycles. The lowest BCUT2D eigenvalue weighted by Crippen LogP contribution is -2.17. The lowest BCUT2D eigenvalue weighted by Gasteiger charge is -2.18. The maximum absolute atomic E-state index is 12.3. The molecule has 0 fully saturated rings. The van der Waals surface area contributed by atoms with E-state index in [0.29, 0.717) is 35.8 Å². The molecule has 0 unspecified atom stereocenters. The Morgan fingerprint density at radius 3 is 2.48 bits per heavy atom. The predicted octanol–water partition coefficient (Wildman–Crippen LogP) is 2.08. The van der Waals surface area contributed by atoms with Crippen molar-refractivity contribution in [2.75, 3.05) is 19.8 Å². The van der Waals surface area contributed by atoms with Gasteiger partial charge in [0.05, 0.1) is 11.3 Å². The molecule has 4 rings (SSSR count). The number of hydrogen-bond acceptors (Lipinski definition) is 7. The van der Waals surface area contributed by atoms with Crippen molar-refractivity contribution in [1.82, 2.24) is 14.8 Å². The van der Waals surface area contributed by atoms with Crippen LogP contribution in [0.25, 0.3) is 5.69 Å². The van der Waals surface area contributed by atoms with Gasteiger partial charge in [0, 0.05) is 5.56 Å². The monoisotopic (exact) mass is 365 g/mol. The third-order valence-corrected chi connectivity index (χ3v) is 3.98. The van der Waals surface area contributed by atoms with Crippen molar-refractivity contribution in [3.05, 3.63) is 66.2 Å². The molecular formula is C19H15N3O5. The average molecular weight is 365 g/mol. The summed E-state index contributed by atoms with van der Waals surface area (Å²) in [5.41, 5.74) is 1.50. The Morgan fingerprint density at radius 1 is 1.00 bits per heavy atom. The number of nitrogens with zero attached hydrogens (tertiary/aromatic N) is 3. The summed E-state index contributed by atoms with van der Waals surface area (Å²) in [6.45, 7) is 0.557. The molecule has 2 aromatic carbocycles. The number of hydrogen-bond donors (Lipinski definition) is 0. The Balaban J connectivity index is 1.38. The molecule has 0 radical (unpaired) electrons. The van der Waals surface area contributed by atoms with Crippen molar-refractivity contribution in [2.24, 2.45) is 0 Å². The zero-order valence-corrected chi connectivity index (χ0v) is 14.2. The van der Waals surface area contributed by atoms with Gasteiger partial charge in [-0.05, 0) is 42.5 Å². The summed E-state index contributed by atoms with van der Waals surface area (Å²) >= 11 is 0. The van der Waals surface area contributed by atoms with E-state index < -0.39 is 5.97 Å². The zero-order chi connectivity index (χ0) is 18.6. The highest BCUT2D eigenvalue weighted by Gasteiger charge is 2.16. The van der Waals surface area contributed by atoms with Crippen LogP contribution in [0.15, 0.2) is 55.1 Å². The highest BCUT2D eigenvalue weighted by atomic mass is 16.6. The molecule has 8 nitrogen and oxygen atoms in total. The summed E-state index contributed by atoms with van der Waals surface area (Å²) in [5, 5.41) is 4.01. The van der Waals surface area contributed by atoms with Crippen LogP contribution in [-0.2, 0) is 4.74 Å². The number of benzene rings is 2. The Hall–Kier alpha value is -3.68. The topological polar surface area (TPSA) is 92.5 Å². The molecule has 1 aliphatic rings. The van der Waals surface area contributed by atoms with Crippen molar-refractivity contribution in [3.63, 3.8) is 0 Å². The van der Waals surface area contributed by atoms with Gasteiger partial charge in [-0.25, -0.2) is 14.5 Å². The van der Waals surface area contributed by atoms with Gasteiger partial charge >= 0.3 is 5.97 Å². The van der Waals surface area contributed by atoms with Crippen LogP contribution in [0.5, 0.6) is 11.5 Å². The van der Waals surface area contributed by atoms with E-state index in [1.54, 1.807) is 53.5 Å². The van der Waals surface area contributed by atoms with Crippen molar-refractivity contribution >= 4 is 11.8 Å². The summed E-state index contributed by atoms with van der Waals surface area (Å²) in [4.78, 5) is 28.3. The minimum Gasteiger partial charge on any atom is -0.486 e. The fourth-order valence-electron chi connectivity index (χ4n) is 2.61. The molecule has 0 amide bonds. The Kier molecular flexibility index (Phi) is 4.52. The summed E-state index contributed by atoms with van der Waals surface area (Å²) in [6, 6.07) is 11.5. The van der Waals surface area contributed by atoms with Crippen LogP contribution in [0.3, 0.4) is 0 Å². The molecule has 0 saturated carbocycles. The summed E-state index contributed by atoms with van der Waals surface area (Å²) in [5.74, 6) is 0.218. The number of fused-ring (bicyclic) bond motifs is 1. The second kappa shape index (κ2) is 7.28. The zero-order valence-electron chi connectivity index (χ0n) is 14.2. The van der Waals surface area contributed by atoms with E-state index in [0.717, 1.165) is 5.69 Å². The summed E-state index contributed by atoms with van der Waals surface area (Å²) in [6.07, 6.45) is 2.98. The molecule has 2 heterocycles. The van der Waals surface area contributed by atoms with Gasteiger partial charge in [0.25, 0.3) is 0 Å². The van der Waals surface area contributed by atoms with Gasteiger partial charge in [0.15, 0.2) is 23.9 Å². The van der Waals surface area contributed by atoms with Crippen molar-refractivity contribution < 1.29 is 23.8 Å². The average Bonchev–Trinajstić information content (AvgIpc) is 3.26. The second-order valence-electron chi connectivity index (χ2n) is 5.74. The maximum Gasteiger partial charge on any atom is 0.338 e. The number of carbonyl (C=O) groups excluding carboxylic acids is 2. The quantitative estimate of drug-likeness (QED) is 0.505. The van der Waals surface area contributed by atoms with Crippen LogP contribution >= 0.6 is 0 Å². The van der Waals surface area contributed by atoms with Crippen molar-refractivity contribution in [1.29, 1.82) is 0 Å². The fourth-order valence-corrected chi connectivity index (χ4v) is 2.61. The first-order valence-electron chi connectivity index (χ1n) is 8.26. The Labute approximate surface area is 154 Å². The van der Waals surface area contributed by atoms with Crippen molar-refractivity contribution in [3.8, 4) is 17.2 Å². The van der Waals surface area contributed by atoms with E-state index in [4.69, 9.17) is 14.2 Å². The van der Waals surface area contributed by atoms with Gasteiger partial charge in [-0.15, -0.1) is 0 Å².